The minimum Gasteiger partial charge on any atom is -0.346 e. The van der Waals surface area contributed by atoms with Crippen LogP contribution >= 0.6 is 11.6 Å². The Balaban J connectivity index is 1.89. The molecule has 0 spiro atoms. The summed E-state index contributed by atoms with van der Waals surface area (Å²) in [4.78, 5) is 29.9. The lowest BCUT2D eigenvalue weighted by atomic mass is 9.76. The van der Waals surface area contributed by atoms with E-state index in [1.807, 2.05) is 0 Å². The van der Waals surface area contributed by atoms with Crippen LogP contribution < -0.4 is 15.9 Å². The Morgan fingerprint density at radius 2 is 1.82 bits per heavy atom. The molecule has 1 heterocycles. The number of amidine groups is 1. The Morgan fingerprint density at radius 1 is 1.15 bits per heavy atom. The van der Waals surface area contributed by atoms with Crippen molar-refractivity contribution in [3.05, 3.63) is 70.2 Å². The van der Waals surface area contributed by atoms with E-state index in [0.29, 0.717) is 34.6 Å². The number of amides is 2. The lowest BCUT2D eigenvalue weighted by Gasteiger charge is -2.49. The summed E-state index contributed by atoms with van der Waals surface area (Å²) in [7, 11) is -3.56. The van der Waals surface area contributed by atoms with Crippen molar-refractivity contribution in [1.29, 1.82) is 5.53 Å². The summed E-state index contributed by atoms with van der Waals surface area (Å²) in [6, 6.07) is 11.3. The summed E-state index contributed by atoms with van der Waals surface area (Å²) in [5.74, 6) is 3.73. The number of carbonyl (C=O) groups is 2. The molecular formula is C26H32ClN7O4S. The van der Waals surface area contributed by atoms with Gasteiger partial charge in [0.1, 0.15) is 0 Å². The Hall–Kier alpha value is -3.35. The van der Waals surface area contributed by atoms with E-state index >= 15 is 0 Å². The second-order valence-electron chi connectivity index (χ2n) is 9.95. The molecule has 0 aromatic heterocycles. The molecule has 0 saturated heterocycles. The van der Waals surface area contributed by atoms with Gasteiger partial charge in [-0.2, -0.15) is 5.10 Å². The highest BCUT2D eigenvalue weighted by atomic mass is 35.5. The van der Waals surface area contributed by atoms with Crippen LogP contribution in [0.25, 0.3) is 0 Å². The van der Waals surface area contributed by atoms with Crippen molar-refractivity contribution in [3.63, 3.8) is 0 Å². The Morgan fingerprint density at radius 3 is 2.46 bits per heavy atom. The van der Waals surface area contributed by atoms with Crippen molar-refractivity contribution < 1.29 is 18.0 Å². The number of halogens is 1. The van der Waals surface area contributed by atoms with E-state index in [9.17, 15) is 18.0 Å². The number of carbonyl (C=O) groups excluding carboxylic acids is 2. The van der Waals surface area contributed by atoms with Crippen LogP contribution in [0.5, 0.6) is 0 Å². The van der Waals surface area contributed by atoms with E-state index in [4.69, 9.17) is 23.0 Å². The predicted octanol–water partition coefficient (Wildman–Crippen LogP) is 3.29. The summed E-state index contributed by atoms with van der Waals surface area (Å²) in [5.41, 5.74) is 8.91. The third kappa shape index (κ3) is 6.13. The molecule has 1 aliphatic heterocycles. The van der Waals surface area contributed by atoms with Gasteiger partial charge in [-0.25, -0.2) is 18.7 Å². The number of fused-ring (bicyclic) bond motifs is 1. The molecule has 2 amide bonds. The van der Waals surface area contributed by atoms with Crippen LogP contribution in [-0.2, 0) is 14.8 Å². The lowest BCUT2D eigenvalue weighted by Crippen LogP contribution is -2.59. The van der Waals surface area contributed by atoms with Crippen molar-refractivity contribution in [2.24, 2.45) is 16.1 Å². The van der Waals surface area contributed by atoms with Gasteiger partial charge in [0, 0.05) is 22.7 Å². The highest BCUT2D eigenvalue weighted by molar-refractivity contribution is 7.88. The standard InChI is InChI=1S/C26H32ClN7O4S/c1-15(24(31-28)32-29)30-25(35)22-18-7-3-4-8-19(18)26(36)34(23(22)16-11-13-17(27)14-12-16)21-10-6-5-9-20(21)33-39(2,37)38/h3-4,7-8,11-15,20-23,28,33H,5-6,9-10,29H2,1-2H3,(H,30,35)/b31-28?,32-24-/t15?,20-,21?,22+,23-/m0/s1. The predicted molar refractivity (Wildman–Crippen MR) is 148 cm³/mol. The van der Waals surface area contributed by atoms with Gasteiger partial charge in [-0.3, -0.25) is 9.59 Å². The number of hydrogen-bond acceptors (Lipinski definition) is 7. The number of rotatable bonds is 7. The van der Waals surface area contributed by atoms with Gasteiger partial charge in [0.15, 0.2) is 5.84 Å². The molecule has 2 aromatic rings. The van der Waals surface area contributed by atoms with Gasteiger partial charge in [0.05, 0.1) is 24.3 Å². The molecule has 1 saturated carbocycles. The Bertz CT molecular complexity index is 1380. The molecule has 2 unspecified atom stereocenters. The van der Waals surface area contributed by atoms with Crippen LogP contribution in [0, 0.1) is 5.53 Å². The molecule has 0 radical (unpaired) electrons. The van der Waals surface area contributed by atoms with Gasteiger partial charge in [0.2, 0.25) is 15.9 Å². The number of sulfonamides is 1. The zero-order valence-electron chi connectivity index (χ0n) is 21.7. The van der Waals surface area contributed by atoms with Crippen LogP contribution in [0.1, 0.15) is 66.1 Å². The van der Waals surface area contributed by atoms with Crippen LogP contribution in [0.3, 0.4) is 0 Å². The molecule has 11 nitrogen and oxygen atoms in total. The summed E-state index contributed by atoms with van der Waals surface area (Å²) < 4.78 is 27.3. The number of benzene rings is 2. The number of hydrogen-bond donors (Lipinski definition) is 4. The van der Waals surface area contributed by atoms with E-state index < -0.39 is 46.0 Å². The van der Waals surface area contributed by atoms with Gasteiger partial charge in [-0.1, -0.05) is 54.8 Å². The number of nitrogens with two attached hydrogens (primary N) is 1. The van der Waals surface area contributed by atoms with Crippen molar-refractivity contribution in [2.75, 3.05) is 6.26 Å². The van der Waals surface area contributed by atoms with Gasteiger partial charge in [-0.15, -0.1) is 5.11 Å². The van der Waals surface area contributed by atoms with E-state index in [2.05, 4.69) is 20.3 Å². The fourth-order valence-electron chi connectivity index (χ4n) is 5.68. The SMILES string of the molecule is CC(NC(=O)[C@@H]1c2ccccc2C(=O)N(C2CCCC[C@@H]2NS(C)(=O)=O)[C@H]1c1ccc(Cl)cc1)/C(N=N)=N/N. The van der Waals surface area contributed by atoms with E-state index in [1.54, 1.807) is 60.4 Å². The largest absolute Gasteiger partial charge is 0.346 e. The molecule has 39 heavy (non-hydrogen) atoms. The number of hydrazone groups is 1. The first-order chi connectivity index (χ1) is 18.6. The summed E-state index contributed by atoms with van der Waals surface area (Å²) in [6.07, 6.45) is 3.85. The first-order valence-electron chi connectivity index (χ1n) is 12.7. The van der Waals surface area contributed by atoms with Crippen molar-refractivity contribution >= 4 is 39.3 Å². The minimum absolute atomic E-state index is 0.0619. The van der Waals surface area contributed by atoms with E-state index in [1.165, 1.54) is 0 Å². The third-order valence-electron chi connectivity index (χ3n) is 7.32. The molecule has 5 N–H and O–H groups in total. The maximum atomic E-state index is 14.2. The molecule has 4 rings (SSSR count). The Kier molecular flexibility index (Phi) is 8.67. The van der Waals surface area contributed by atoms with Gasteiger partial charge < -0.3 is 16.1 Å². The van der Waals surface area contributed by atoms with Crippen LogP contribution in [-0.4, -0.2) is 55.3 Å². The first kappa shape index (κ1) is 28.7. The number of nitrogens with one attached hydrogen (secondary N) is 3. The third-order valence-corrected chi connectivity index (χ3v) is 8.30. The summed E-state index contributed by atoms with van der Waals surface area (Å²) in [6.45, 7) is 1.61. The highest BCUT2D eigenvalue weighted by Gasteiger charge is 2.49. The zero-order chi connectivity index (χ0) is 28.3. The molecule has 208 valence electrons. The second-order valence-corrected chi connectivity index (χ2v) is 12.2. The molecule has 5 atom stereocenters. The van der Waals surface area contributed by atoms with E-state index in [0.717, 1.165) is 19.1 Å². The molecule has 13 heteroatoms. The summed E-state index contributed by atoms with van der Waals surface area (Å²) in [5, 5.41) is 10.1. The fraction of sp³-hybridized carbons (Fsp3) is 0.423. The first-order valence-corrected chi connectivity index (χ1v) is 14.9. The van der Waals surface area contributed by atoms with Gasteiger partial charge in [-0.05, 0) is 49.1 Å². The maximum absolute atomic E-state index is 14.2. The average Bonchev–Trinajstić information content (AvgIpc) is 2.89. The quantitative estimate of drug-likeness (QED) is 0.131. The van der Waals surface area contributed by atoms with Crippen LogP contribution in [0.15, 0.2) is 58.7 Å². The van der Waals surface area contributed by atoms with Crippen molar-refractivity contribution in [1.82, 2.24) is 14.9 Å². The highest BCUT2D eigenvalue weighted by Crippen LogP contribution is 2.46. The molecule has 1 aliphatic carbocycles. The van der Waals surface area contributed by atoms with E-state index in [-0.39, 0.29) is 11.7 Å². The summed E-state index contributed by atoms with van der Waals surface area (Å²) >= 11 is 6.19. The van der Waals surface area contributed by atoms with Crippen molar-refractivity contribution in [3.8, 4) is 0 Å². The van der Waals surface area contributed by atoms with Crippen LogP contribution in [0.2, 0.25) is 5.02 Å². The Labute approximate surface area is 232 Å². The normalized spacial score (nSPS) is 24.5. The monoisotopic (exact) mass is 573 g/mol. The average molecular weight is 574 g/mol. The lowest BCUT2D eigenvalue weighted by molar-refractivity contribution is -0.124. The number of nitrogens with zero attached hydrogens (tertiary/aromatic N) is 3. The zero-order valence-corrected chi connectivity index (χ0v) is 23.2. The van der Waals surface area contributed by atoms with Crippen molar-refractivity contribution in [2.45, 2.75) is 62.7 Å². The molecule has 2 aromatic carbocycles. The smallest absolute Gasteiger partial charge is 0.255 e. The fourth-order valence-corrected chi connectivity index (χ4v) is 6.63. The minimum atomic E-state index is -3.56. The topological polar surface area (TPSA) is 170 Å². The van der Waals surface area contributed by atoms with Crippen LogP contribution in [0.4, 0.5) is 0 Å². The van der Waals surface area contributed by atoms with Gasteiger partial charge >= 0.3 is 0 Å². The maximum Gasteiger partial charge on any atom is 0.255 e. The molecular weight excluding hydrogens is 542 g/mol. The molecule has 0 bridgehead atoms. The molecule has 2 aliphatic rings. The van der Waals surface area contributed by atoms with Gasteiger partial charge in [0.25, 0.3) is 5.91 Å². The second kappa shape index (κ2) is 11.8. The molecule has 1 fully saturated rings.